The van der Waals surface area contributed by atoms with Crippen LogP contribution in [0.4, 0.5) is 9.70 Å². The molecule has 0 unspecified atom stereocenters. The van der Waals surface area contributed by atoms with Crippen LogP contribution in [-0.4, -0.2) is 21.6 Å². The van der Waals surface area contributed by atoms with E-state index in [4.69, 9.17) is 0 Å². The Kier molecular flexibility index (Phi) is 7.82. The van der Waals surface area contributed by atoms with Gasteiger partial charge in [0, 0.05) is 19.2 Å². The molecule has 0 saturated heterocycles. The first-order valence-corrected chi connectivity index (χ1v) is 10.5. The van der Waals surface area contributed by atoms with Crippen LogP contribution in [0.25, 0.3) is 11.7 Å². The van der Waals surface area contributed by atoms with Gasteiger partial charge in [0.1, 0.15) is 10.7 Å². The average molecular weight is 424 g/mol. The predicted octanol–water partition coefficient (Wildman–Crippen LogP) is 5.57. The molecule has 2 N–H and O–H groups in total. The lowest BCUT2D eigenvalue weighted by molar-refractivity contribution is 0.816. The zero-order chi connectivity index (χ0) is 21.3. The number of fused-ring (bicyclic) bond motifs is 1. The highest BCUT2D eigenvalue weighted by atomic mass is 32.2. The van der Waals surface area contributed by atoms with Gasteiger partial charge in [0.25, 0.3) is 0 Å². The third-order valence-electron chi connectivity index (χ3n) is 4.43. The normalized spacial score (nSPS) is 12.5. The summed E-state index contributed by atoms with van der Waals surface area (Å²) >= 11 is 0.156. The molecule has 0 amide bonds. The Morgan fingerprint density at radius 3 is 2.73 bits per heavy atom. The SMILES string of the molecule is C\C=C/C=C\C(C)=C\c1cc(NCc2cccc(CNC)c2)n2ncc(SF)c2n1. The Balaban J connectivity index is 1.91. The van der Waals surface area contributed by atoms with E-state index in [0.717, 1.165) is 29.2 Å². The molecule has 0 aliphatic heterocycles. The van der Waals surface area contributed by atoms with Crippen molar-refractivity contribution in [2.45, 2.75) is 31.8 Å². The fourth-order valence-electron chi connectivity index (χ4n) is 3.06. The van der Waals surface area contributed by atoms with E-state index in [0.29, 0.717) is 17.1 Å². The summed E-state index contributed by atoms with van der Waals surface area (Å²) in [7, 11) is 1.93. The zero-order valence-electron chi connectivity index (χ0n) is 17.4. The molecule has 30 heavy (non-hydrogen) atoms. The van der Waals surface area contributed by atoms with Gasteiger partial charge in [-0.15, -0.1) is 0 Å². The first kappa shape index (κ1) is 21.8. The Bertz CT molecular complexity index is 1080. The number of anilines is 1. The predicted molar refractivity (Wildman–Crippen MR) is 124 cm³/mol. The molecule has 1 aromatic carbocycles. The van der Waals surface area contributed by atoms with Crippen molar-refractivity contribution in [1.29, 1.82) is 0 Å². The lowest BCUT2D eigenvalue weighted by Crippen LogP contribution is -2.08. The van der Waals surface area contributed by atoms with E-state index in [1.807, 2.05) is 63.4 Å². The summed E-state index contributed by atoms with van der Waals surface area (Å²) in [4.78, 5) is 4.99. The van der Waals surface area contributed by atoms with E-state index in [9.17, 15) is 3.89 Å². The molecule has 0 radical (unpaired) electrons. The lowest BCUT2D eigenvalue weighted by Gasteiger charge is -2.11. The maximum atomic E-state index is 13.4. The topological polar surface area (TPSA) is 54.2 Å². The van der Waals surface area contributed by atoms with Gasteiger partial charge in [-0.1, -0.05) is 48.6 Å². The summed E-state index contributed by atoms with van der Waals surface area (Å²) < 4.78 is 15.0. The second kappa shape index (κ2) is 10.8. The van der Waals surface area contributed by atoms with Gasteiger partial charge in [0.15, 0.2) is 5.65 Å². The highest BCUT2D eigenvalue weighted by Gasteiger charge is 2.12. The second-order valence-corrected chi connectivity index (χ2v) is 7.46. The number of hydrogen-bond donors (Lipinski definition) is 2. The number of halogens is 1. The van der Waals surface area contributed by atoms with Gasteiger partial charge < -0.3 is 10.6 Å². The van der Waals surface area contributed by atoms with Crippen molar-refractivity contribution in [3.8, 4) is 0 Å². The number of benzene rings is 1. The molecule has 156 valence electrons. The van der Waals surface area contributed by atoms with E-state index in [-0.39, 0.29) is 12.1 Å². The minimum Gasteiger partial charge on any atom is -0.366 e. The van der Waals surface area contributed by atoms with E-state index < -0.39 is 0 Å². The van der Waals surface area contributed by atoms with E-state index in [1.165, 1.54) is 11.8 Å². The van der Waals surface area contributed by atoms with Gasteiger partial charge in [-0.25, -0.2) is 4.98 Å². The highest BCUT2D eigenvalue weighted by molar-refractivity contribution is 7.94. The number of allylic oxidation sites excluding steroid dienone is 5. The third-order valence-corrected chi connectivity index (χ3v) is 4.88. The van der Waals surface area contributed by atoms with Crippen molar-refractivity contribution in [3.63, 3.8) is 0 Å². The van der Waals surface area contributed by atoms with Gasteiger partial charge in [-0.05, 0) is 43.7 Å². The standard InChI is InChI=1S/C23H26FN5S/c1-4-5-6-8-17(2)11-20-13-22(29-23(28-20)21(30-24)16-27-29)26-15-19-10-7-9-18(12-19)14-25-3/h4-13,16,25-26H,14-15H2,1-3H3/b5-4-,8-6-,17-11+. The highest BCUT2D eigenvalue weighted by Crippen LogP contribution is 2.26. The first-order chi connectivity index (χ1) is 14.6. The summed E-state index contributed by atoms with van der Waals surface area (Å²) in [5.41, 5.74) is 4.66. The summed E-state index contributed by atoms with van der Waals surface area (Å²) in [5, 5.41) is 10.9. The van der Waals surface area contributed by atoms with Crippen LogP contribution in [0.15, 0.2) is 71.3 Å². The van der Waals surface area contributed by atoms with Crippen molar-refractivity contribution in [1.82, 2.24) is 19.9 Å². The molecule has 0 saturated carbocycles. The number of rotatable bonds is 9. The maximum Gasteiger partial charge on any atom is 0.174 e. The van der Waals surface area contributed by atoms with Gasteiger partial charge >= 0.3 is 0 Å². The Labute approximate surface area is 181 Å². The Hall–Kier alpha value is -2.90. The minimum absolute atomic E-state index is 0.156. The Morgan fingerprint density at radius 2 is 2.00 bits per heavy atom. The molecule has 0 atom stereocenters. The fraction of sp³-hybridized carbons (Fsp3) is 0.217. The maximum absolute atomic E-state index is 13.4. The van der Waals surface area contributed by atoms with Gasteiger partial charge in [0.05, 0.1) is 24.0 Å². The van der Waals surface area contributed by atoms with Crippen LogP contribution in [0.1, 0.15) is 30.7 Å². The smallest absolute Gasteiger partial charge is 0.174 e. The fourth-order valence-corrected chi connectivity index (χ4v) is 3.35. The van der Waals surface area contributed by atoms with Crippen LogP contribution in [-0.2, 0) is 13.1 Å². The quantitative estimate of drug-likeness (QED) is 0.441. The second-order valence-electron chi connectivity index (χ2n) is 6.86. The van der Waals surface area contributed by atoms with Crippen LogP contribution in [0, 0.1) is 0 Å². The molecule has 5 nitrogen and oxygen atoms in total. The number of aromatic nitrogens is 3. The van der Waals surface area contributed by atoms with Crippen molar-refractivity contribution in [2.24, 2.45) is 0 Å². The summed E-state index contributed by atoms with van der Waals surface area (Å²) in [6.45, 7) is 5.42. The van der Waals surface area contributed by atoms with Crippen LogP contribution < -0.4 is 10.6 Å². The monoisotopic (exact) mass is 423 g/mol. The molecule has 3 rings (SSSR count). The largest absolute Gasteiger partial charge is 0.366 e. The average Bonchev–Trinajstić information content (AvgIpc) is 3.16. The molecule has 0 aliphatic rings. The molecule has 7 heteroatoms. The molecule has 0 bridgehead atoms. The van der Waals surface area contributed by atoms with Crippen molar-refractivity contribution in [3.05, 3.63) is 83.2 Å². The third kappa shape index (κ3) is 5.58. The number of hydrogen-bond acceptors (Lipinski definition) is 5. The van der Waals surface area contributed by atoms with Crippen LogP contribution in [0.2, 0.25) is 0 Å². The molecule has 0 spiro atoms. The number of nitrogens with one attached hydrogen (secondary N) is 2. The van der Waals surface area contributed by atoms with E-state index in [1.54, 1.807) is 4.52 Å². The van der Waals surface area contributed by atoms with E-state index in [2.05, 4.69) is 38.9 Å². The molecular weight excluding hydrogens is 397 g/mol. The molecule has 0 fully saturated rings. The van der Waals surface area contributed by atoms with Crippen molar-refractivity contribution < 1.29 is 3.89 Å². The van der Waals surface area contributed by atoms with Crippen LogP contribution in [0.5, 0.6) is 0 Å². The molecule has 0 aliphatic carbocycles. The minimum atomic E-state index is 0.156. The van der Waals surface area contributed by atoms with Crippen molar-refractivity contribution >= 4 is 29.7 Å². The lowest BCUT2D eigenvalue weighted by atomic mass is 10.1. The van der Waals surface area contributed by atoms with E-state index >= 15 is 0 Å². The van der Waals surface area contributed by atoms with Gasteiger partial charge in [0.2, 0.25) is 0 Å². The van der Waals surface area contributed by atoms with Gasteiger partial charge in [-0.3, -0.25) is 0 Å². The summed E-state index contributed by atoms with van der Waals surface area (Å²) in [6, 6.07) is 10.3. The van der Waals surface area contributed by atoms with Gasteiger partial charge in [-0.2, -0.15) is 13.5 Å². The molecule has 2 aromatic heterocycles. The van der Waals surface area contributed by atoms with Crippen LogP contribution >= 0.6 is 12.1 Å². The van der Waals surface area contributed by atoms with Crippen LogP contribution in [0.3, 0.4) is 0 Å². The summed E-state index contributed by atoms with van der Waals surface area (Å²) in [6.07, 6.45) is 11.4. The molecule has 3 aromatic rings. The summed E-state index contributed by atoms with van der Waals surface area (Å²) in [5.74, 6) is 0.760. The Morgan fingerprint density at radius 1 is 1.20 bits per heavy atom. The molecular formula is C23H26FN5S. The zero-order valence-corrected chi connectivity index (χ0v) is 18.2. The first-order valence-electron chi connectivity index (χ1n) is 9.76. The van der Waals surface area contributed by atoms with Crippen molar-refractivity contribution in [2.75, 3.05) is 12.4 Å². The number of nitrogens with zero attached hydrogens (tertiary/aromatic N) is 3. The molecule has 2 heterocycles.